The Morgan fingerprint density at radius 2 is 2.00 bits per heavy atom. The summed E-state index contributed by atoms with van der Waals surface area (Å²) >= 11 is 0. The molecule has 3 rings (SSSR count). The molecule has 2 heterocycles. The van der Waals surface area contributed by atoms with Crippen molar-refractivity contribution >= 4 is 17.9 Å². The van der Waals surface area contributed by atoms with E-state index in [1.165, 1.54) is 25.2 Å². The summed E-state index contributed by atoms with van der Waals surface area (Å²) in [5.74, 6) is -0.306. The Morgan fingerprint density at radius 1 is 1.33 bits per heavy atom. The Labute approximate surface area is 154 Å². The van der Waals surface area contributed by atoms with Gasteiger partial charge in [0.15, 0.2) is 11.5 Å². The van der Waals surface area contributed by atoms with Crippen molar-refractivity contribution in [2.24, 2.45) is 7.05 Å². The van der Waals surface area contributed by atoms with E-state index in [0.29, 0.717) is 6.29 Å². The van der Waals surface area contributed by atoms with Crippen molar-refractivity contribution in [1.82, 2.24) is 14.5 Å². The Morgan fingerprint density at radius 3 is 2.59 bits per heavy atom. The number of aldehydes is 1. The number of carbonyl (C=O) groups excluding carboxylic acids is 2. The van der Waals surface area contributed by atoms with Crippen LogP contribution in [0.3, 0.4) is 0 Å². The first-order chi connectivity index (χ1) is 12.9. The van der Waals surface area contributed by atoms with Crippen molar-refractivity contribution in [1.29, 1.82) is 0 Å². The summed E-state index contributed by atoms with van der Waals surface area (Å²) in [4.78, 5) is 41.1. The van der Waals surface area contributed by atoms with Crippen LogP contribution in [-0.2, 0) is 24.8 Å². The van der Waals surface area contributed by atoms with Gasteiger partial charge in [0.25, 0.3) is 11.6 Å². The molecule has 1 aliphatic heterocycles. The quantitative estimate of drug-likeness (QED) is 0.437. The van der Waals surface area contributed by atoms with E-state index in [2.05, 4.69) is 4.98 Å². The number of fused-ring (bicyclic) bond motifs is 1. The van der Waals surface area contributed by atoms with Gasteiger partial charge in [-0.2, -0.15) is 0 Å². The number of rotatable bonds is 5. The molecule has 27 heavy (non-hydrogen) atoms. The lowest BCUT2D eigenvalue weighted by Crippen LogP contribution is -2.45. The van der Waals surface area contributed by atoms with Gasteiger partial charge in [-0.25, -0.2) is 4.98 Å². The third kappa shape index (κ3) is 3.09. The van der Waals surface area contributed by atoms with Gasteiger partial charge in [-0.05, 0) is 0 Å². The summed E-state index contributed by atoms with van der Waals surface area (Å²) in [7, 11) is 4.50. The monoisotopic (exact) mass is 374 g/mol. The molecule has 10 nitrogen and oxygen atoms in total. The average Bonchev–Trinajstić information content (AvgIpc) is 3.05. The third-order valence-corrected chi connectivity index (χ3v) is 4.62. The van der Waals surface area contributed by atoms with Crippen LogP contribution in [0.15, 0.2) is 18.5 Å². The van der Waals surface area contributed by atoms with Crippen LogP contribution in [-0.4, -0.2) is 51.8 Å². The molecule has 1 aromatic carbocycles. The maximum atomic E-state index is 13.1. The second-order valence-electron chi connectivity index (χ2n) is 6.07. The van der Waals surface area contributed by atoms with E-state index >= 15 is 0 Å². The molecule has 0 bridgehead atoms. The number of hydrogen-bond donors (Lipinski definition) is 0. The topological polar surface area (TPSA) is 117 Å². The van der Waals surface area contributed by atoms with Gasteiger partial charge in [0.2, 0.25) is 0 Å². The second-order valence-corrected chi connectivity index (χ2v) is 6.07. The summed E-state index contributed by atoms with van der Waals surface area (Å²) in [5.41, 5.74) is 0.929. The summed E-state index contributed by atoms with van der Waals surface area (Å²) in [6.07, 6.45) is 2.52. The molecule has 0 unspecified atom stereocenters. The van der Waals surface area contributed by atoms with Crippen LogP contribution in [0.5, 0.6) is 11.5 Å². The van der Waals surface area contributed by atoms with Crippen LogP contribution >= 0.6 is 0 Å². The lowest BCUT2D eigenvalue weighted by atomic mass is 10.0. The molecule has 0 fully saturated rings. The van der Waals surface area contributed by atoms with Crippen molar-refractivity contribution in [2.75, 3.05) is 14.2 Å². The van der Waals surface area contributed by atoms with E-state index < -0.39 is 22.6 Å². The number of ether oxygens (including phenoxy) is 2. The zero-order valence-corrected chi connectivity index (χ0v) is 15.0. The molecule has 1 aromatic heterocycles. The van der Waals surface area contributed by atoms with Crippen LogP contribution in [0.25, 0.3) is 0 Å². The van der Waals surface area contributed by atoms with Crippen molar-refractivity contribution in [3.8, 4) is 11.5 Å². The minimum absolute atomic E-state index is 0.125. The first-order valence-corrected chi connectivity index (χ1v) is 8.07. The SMILES string of the molecule is COc1cc(C(=O)N2Cc3c(ncn3C)C[C@H]2C=O)c([N+](=O)[O-])cc1OC. The molecule has 2 aromatic rings. The van der Waals surface area contributed by atoms with Crippen LogP contribution < -0.4 is 9.47 Å². The minimum Gasteiger partial charge on any atom is -0.493 e. The maximum absolute atomic E-state index is 13.1. The van der Waals surface area contributed by atoms with Gasteiger partial charge in [-0.15, -0.1) is 0 Å². The molecule has 10 heteroatoms. The lowest BCUT2D eigenvalue weighted by molar-refractivity contribution is -0.385. The highest BCUT2D eigenvalue weighted by Gasteiger charge is 2.36. The Hall–Kier alpha value is -3.43. The number of nitro benzene ring substituents is 1. The smallest absolute Gasteiger partial charge is 0.286 e. The average molecular weight is 374 g/mol. The van der Waals surface area contributed by atoms with Crippen molar-refractivity contribution in [3.05, 3.63) is 45.5 Å². The highest BCUT2D eigenvalue weighted by molar-refractivity contribution is 6.00. The van der Waals surface area contributed by atoms with Gasteiger partial charge in [0.05, 0.1) is 55.5 Å². The van der Waals surface area contributed by atoms with E-state index in [0.717, 1.165) is 17.5 Å². The number of nitrogens with zero attached hydrogens (tertiary/aromatic N) is 4. The molecule has 1 atom stereocenters. The van der Waals surface area contributed by atoms with Crippen molar-refractivity contribution in [3.63, 3.8) is 0 Å². The van der Waals surface area contributed by atoms with E-state index in [1.54, 1.807) is 17.9 Å². The zero-order chi connectivity index (χ0) is 19.7. The molecular formula is C17H18N4O6. The van der Waals surface area contributed by atoms with E-state index in [-0.39, 0.29) is 30.0 Å². The van der Waals surface area contributed by atoms with Crippen LogP contribution in [0.4, 0.5) is 5.69 Å². The number of hydrogen-bond acceptors (Lipinski definition) is 7. The Balaban J connectivity index is 2.07. The number of benzene rings is 1. The largest absolute Gasteiger partial charge is 0.493 e. The van der Waals surface area contributed by atoms with Crippen molar-refractivity contribution in [2.45, 2.75) is 19.0 Å². The first kappa shape index (κ1) is 18.4. The van der Waals surface area contributed by atoms with Crippen molar-refractivity contribution < 1.29 is 24.0 Å². The number of aryl methyl sites for hydroxylation is 1. The van der Waals surface area contributed by atoms with Crippen LogP contribution in [0.1, 0.15) is 21.7 Å². The maximum Gasteiger partial charge on any atom is 0.286 e. The summed E-state index contributed by atoms with van der Waals surface area (Å²) in [6.45, 7) is 0.125. The van der Waals surface area contributed by atoms with Crippen LogP contribution in [0, 0.1) is 10.1 Å². The van der Waals surface area contributed by atoms with Gasteiger partial charge in [-0.3, -0.25) is 14.9 Å². The molecule has 1 amide bonds. The fourth-order valence-electron chi connectivity index (χ4n) is 3.15. The predicted molar refractivity (Wildman–Crippen MR) is 92.8 cm³/mol. The highest BCUT2D eigenvalue weighted by atomic mass is 16.6. The molecule has 0 aliphatic carbocycles. The highest BCUT2D eigenvalue weighted by Crippen LogP contribution is 2.36. The van der Waals surface area contributed by atoms with Gasteiger partial charge < -0.3 is 23.7 Å². The van der Waals surface area contributed by atoms with Gasteiger partial charge >= 0.3 is 0 Å². The predicted octanol–water partition coefficient (Wildman–Crippen LogP) is 1.11. The van der Waals surface area contributed by atoms with Crippen LogP contribution in [0.2, 0.25) is 0 Å². The summed E-state index contributed by atoms with van der Waals surface area (Å²) < 4.78 is 12.0. The van der Waals surface area contributed by atoms with E-state index in [4.69, 9.17) is 9.47 Å². The molecule has 142 valence electrons. The molecule has 0 saturated heterocycles. The number of methoxy groups -OCH3 is 2. The summed E-state index contributed by atoms with van der Waals surface area (Å²) in [6, 6.07) is 1.65. The molecule has 0 radical (unpaired) electrons. The third-order valence-electron chi connectivity index (χ3n) is 4.62. The fraction of sp³-hybridized carbons (Fsp3) is 0.353. The molecular weight excluding hydrogens is 356 g/mol. The number of amides is 1. The van der Waals surface area contributed by atoms with E-state index in [9.17, 15) is 19.7 Å². The van der Waals surface area contributed by atoms with Gasteiger partial charge in [-0.1, -0.05) is 0 Å². The molecule has 0 saturated carbocycles. The van der Waals surface area contributed by atoms with Gasteiger partial charge in [0.1, 0.15) is 11.8 Å². The number of aromatic nitrogens is 2. The fourth-order valence-corrected chi connectivity index (χ4v) is 3.15. The molecule has 1 aliphatic rings. The Kier molecular flexibility index (Phi) is 4.80. The first-order valence-electron chi connectivity index (χ1n) is 8.07. The number of imidazole rings is 1. The lowest BCUT2D eigenvalue weighted by Gasteiger charge is -2.32. The minimum atomic E-state index is -0.757. The number of nitro groups is 1. The Bertz CT molecular complexity index is 922. The normalized spacial score (nSPS) is 15.8. The number of carbonyl (C=O) groups is 2. The standard InChI is InChI=1S/C17H18N4O6/c1-19-9-18-12-4-10(8-22)20(7-14(12)19)17(23)11-5-15(26-2)16(27-3)6-13(11)21(24)25/h5-6,8-10H,4,7H2,1-3H3/t10-/m0/s1. The summed E-state index contributed by atoms with van der Waals surface area (Å²) in [5, 5.41) is 11.5. The second kappa shape index (κ2) is 7.06. The molecule has 0 spiro atoms. The zero-order valence-electron chi connectivity index (χ0n) is 15.0. The van der Waals surface area contributed by atoms with Gasteiger partial charge in [0, 0.05) is 19.5 Å². The van der Waals surface area contributed by atoms with E-state index in [1.807, 2.05) is 0 Å². The molecule has 0 N–H and O–H groups in total.